The fourth-order valence-corrected chi connectivity index (χ4v) is 2.07. The number of nitrogens with zero attached hydrogens (tertiary/aromatic N) is 3. The highest BCUT2D eigenvalue weighted by molar-refractivity contribution is 5.85. The van der Waals surface area contributed by atoms with Crippen molar-refractivity contribution in [1.29, 1.82) is 0 Å². The summed E-state index contributed by atoms with van der Waals surface area (Å²) in [4.78, 5) is 25.1. The molecule has 6 nitrogen and oxygen atoms in total. The lowest BCUT2D eigenvalue weighted by Crippen LogP contribution is -2.42. The first-order valence-corrected chi connectivity index (χ1v) is 5.57. The molecule has 1 atom stereocenters. The second-order valence-electron chi connectivity index (χ2n) is 3.97. The Morgan fingerprint density at radius 2 is 2.35 bits per heavy atom. The molecule has 0 spiro atoms. The SMILES string of the molecule is COC(=O)C1CCCN1C(=O)Cn1cccn1. The quantitative estimate of drug-likeness (QED) is 0.697. The number of carbonyl (C=O) groups is 2. The van der Waals surface area contributed by atoms with Gasteiger partial charge in [-0.1, -0.05) is 0 Å². The maximum Gasteiger partial charge on any atom is 0.328 e. The Morgan fingerprint density at radius 1 is 1.53 bits per heavy atom. The number of rotatable bonds is 3. The molecule has 1 amide bonds. The largest absolute Gasteiger partial charge is 0.467 e. The second-order valence-corrected chi connectivity index (χ2v) is 3.97. The van der Waals surface area contributed by atoms with E-state index < -0.39 is 6.04 Å². The van der Waals surface area contributed by atoms with Crippen LogP contribution in [0.5, 0.6) is 0 Å². The predicted molar refractivity (Wildman–Crippen MR) is 59.0 cm³/mol. The van der Waals surface area contributed by atoms with Crippen molar-refractivity contribution in [2.24, 2.45) is 0 Å². The molecule has 2 heterocycles. The number of esters is 1. The van der Waals surface area contributed by atoms with Crippen LogP contribution in [0.4, 0.5) is 0 Å². The Balaban J connectivity index is 2.01. The molecule has 1 fully saturated rings. The van der Waals surface area contributed by atoms with Crippen LogP contribution in [0, 0.1) is 0 Å². The maximum atomic E-state index is 12.0. The lowest BCUT2D eigenvalue weighted by molar-refractivity contribution is -0.151. The molecule has 1 aromatic heterocycles. The number of likely N-dealkylation sites (tertiary alicyclic amines) is 1. The van der Waals surface area contributed by atoms with Gasteiger partial charge in [-0.15, -0.1) is 0 Å². The summed E-state index contributed by atoms with van der Waals surface area (Å²) in [6, 6.07) is 1.33. The number of hydrogen-bond donors (Lipinski definition) is 0. The van der Waals surface area contributed by atoms with Gasteiger partial charge in [0.1, 0.15) is 12.6 Å². The van der Waals surface area contributed by atoms with Crippen molar-refractivity contribution in [3.63, 3.8) is 0 Å². The van der Waals surface area contributed by atoms with Crippen LogP contribution in [0.3, 0.4) is 0 Å². The summed E-state index contributed by atoms with van der Waals surface area (Å²) in [6.45, 7) is 0.778. The van der Waals surface area contributed by atoms with Crippen LogP contribution < -0.4 is 0 Å². The van der Waals surface area contributed by atoms with Crippen LogP contribution >= 0.6 is 0 Å². The van der Waals surface area contributed by atoms with Crippen molar-refractivity contribution >= 4 is 11.9 Å². The van der Waals surface area contributed by atoms with Gasteiger partial charge < -0.3 is 9.64 Å². The predicted octanol–water partition coefficient (Wildman–Crippen LogP) is 0.0471. The molecule has 92 valence electrons. The third-order valence-electron chi connectivity index (χ3n) is 2.90. The van der Waals surface area contributed by atoms with Crippen LogP contribution in [0.15, 0.2) is 18.5 Å². The molecule has 0 bridgehead atoms. The number of aromatic nitrogens is 2. The minimum absolute atomic E-state index is 0.0957. The summed E-state index contributed by atoms with van der Waals surface area (Å²) in [7, 11) is 1.34. The van der Waals surface area contributed by atoms with E-state index in [1.165, 1.54) is 7.11 Å². The summed E-state index contributed by atoms with van der Waals surface area (Å²) in [5, 5.41) is 3.97. The van der Waals surface area contributed by atoms with E-state index in [1.807, 2.05) is 0 Å². The summed E-state index contributed by atoms with van der Waals surface area (Å²) in [6.07, 6.45) is 4.86. The number of hydrogen-bond acceptors (Lipinski definition) is 4. The molecule has 1 aliphatic heterocycles. The molecule has 1 aliphatic rings. The fourth-order valence-electron chi connectivity index (χ4n) is 2.07. The van der Waals surface area contributed by atoms with Gasteiger partial charge in [-0.3, -0.25) is 9.48 Å². The molecular formula is C11H15N3O3. The van der Waals surface area contributed by atoms with E-state index in [4.69, 9.17) is 4.74 Å². The molecule has 1 saturated heterocycles. The van der Waals surface area contributed by atoms with E-state index in [9.17, 15) is 9.59 Å². The van der Waals surface area contributed by atoms with Gasteiger partial charge >= 0.3 is 5.97 Å². The van der Waals surface area contributed by atoms with Crippen molar-refractivity contribution in [1.82, 2.24) is 14.7 Å². The van der Waals surface area contributed by atoms with Gasteiger partial charge in [0.15, 0.2) is 0 Å². The molecular weight excluding hydrogens is 222 g/mol. The van der Waals surface area contributed by atoms with E-state index in [2.05, 4.69) is 5.10 Å². The minimum atomic E-state index is -0.428. The zero-order valence-electron chi connectivity index (χ0n) is 9.70. The van der Waals surface area contributed by atoms with Gasteiger partial charge in [-0.25, -0.2) is 4.79 Å². The molecule has 17 heavy (non-hydrogen) atoms. The van der Waals surface area contributed by atoms with Gasteiger partial charge in [0.05, 0.1) is 7.11 Å². The Labute approximate surface area is 99.1 Å². The van der Waals surface area contributed by atoms with Gasteiger partial charge in [0.25, 0.3) is 0 Å². The number of amides is 1. The molecule has 1 unspecified atom stereocenters. The van der Waals surface area contributed by atoms with Crippen LogP contribution in [-0.2, 0) is 20.9 Å². The molecule has 1 aromatic rings. The Kier molecular flexibility index (Phi) is 3.41. The number of ether oxygens (including phenoxy) is 1. The average Bonchev–Trinajstić information content (AvgIpc) is 2.97. The summed E-state index contributed by atoms with van der Waals surface area (Å²) >= 11 is 0. The summed E-state index contributed by atoms with van der Waals surface area (Å²) < 4.78 is 6.25. The third-order valence-corrected chi connectivity index (χ3v) is 2.90. The molecule has 6 heteroatoms. The molecule has 0 aliphatic carbocycles. The number of carbonyl (C=O) groups excluding carboxylic acids is 2. The van der Waals surface area contributed by atoms with Crippen molar-refractivity contribution in [3.8, 4) is 0 Å². The van der Waals surface area contributed by atoms with Crippen LogP contribution in [0.25, 0.3) is 0 Å². The van der Waals surface area contributed by atoms with Crippen molar-refractivity contribution in [2.45, 2.75) is 25.4 Å². The normalized spacial score (nSPS) is 19.4. The Bertz CT molecular complexity index is 402. The zero-order valence-corrected chi connectivity index (χ0v) is 9.70. The Morgan fingerprint density at radius 3 is 3.00 bits per heavy atom. The fraction of sp³-hybridized carbons (Fsp3) is 0.545. The monoisotopic (exact) mass is 237 g/mol. The van der Waals surface area contributed by atoms with Crippen LogP contribution in [-0.4, -0.2) is 46.3 Å². The zero-order chi connectivity index (χ0) is 12.3. The highest BCUT2D eigenvalue weighted by Crippen LogP contribution is 2.18. The van der Waals surface area contributed by atoms with Crippen molar-refractivity contribution in [2.75, 3.05) is 13.7 Å². The van der Waals surface area contributed by atoms with Crippen LogP contribution in [0.1, 0.15) is 12.8 Å². The van der Waals surface area contributed by atoms with Gasteiger partial charge in [0, 0.05) is 18.9 Å². The van der Waals surface area contributed by atoms with Gasteiger partial charge in [-0.05, 0) is 18.9 Å². The molecule has 0 N–H and O–H groups in total. The first kappa shape index (κ1) is 11.6. The van der Waals surface area contributed by atoms with Crippen molar-refractivity contribution in [3.05, 3.63) is 18.5 Å². The second kappa shape index (κ2) is 4.99. The first-order chi connectivity index (χ1) is 8.22. The number of methoxy groups -OCH3 is 1. The summed E-state index contributed by atoms with van der Waals surface area (Å²) in [5.41, 5.74) is 0. The third kappa shape index (κ3) is 2.46. The summed E-state index contributed by atoms with van der Waals surface area (Å²) in [5.74, 6) is -0.432. The van der Waals surface area contributed by atoms with E-state index in [-0.39, 0.29) is 18.4 Å². The maximum absolute atomic E-state index is 12.0. The highest BCUT2D eigenvalue weighted by atomic mass is 16.5. The van der Waals surface area contributed by atoms with E-state index in [1.54, 1.807) is 28.0 Å². The van der Waals surface area contributed by atoms with Crippen molar-refractivity contribution < 1.29 is 14.3 Å². The highest BCUT2D eigenvalue weighted by Gasteiger charge is 2.34. The van der Waals surface area contributed by atoms with Gasteiger partial charge in [0.2, 0.25) is 5.91 Å². The van der Waals surface area contributed by atoms with E-state index in [0.717, 1.165) is 6.42 Å². The standard InChI is InChI=1S/C11H15N3O3/c1-17-11(16)9-4-2-7-14(9)10(15)8-13-6-3-5-12-13/h3,5-6,9H,2,4,7-8H2,1H3. The lowest BCUT2D eigenvalue weighted by Gasteiger charge is -2.22. The lowest BCUT2D eigenvalue weighted by atomic mass is 10.2. The molecule has 0 radical (unpaired) electrons. The average molecular weight is 237 g/mol. The molecule has 2 rings (SSSR count). The topological polar surface area (TPSA) is 64.4 Å². The van der Waals surface area contributed by atoms with E-state index >= 15 is 0 Å². The minimum Gasteiger partial charge on any atom is -0.467 e. The van der Waals surface area contributed by atoms with E-state index in [0.29, 0.717) is 13.0 Å². The van der Waals surface area contributed by atoms with Crippen LogP contribution in [0.2, 0.25) is 0 Å². The van der Waals surface area contributed by atoms with Gasteiger partial charge in [-0.2, -0.15) is 5.10 Å². The molecule has 0 saturated carbocycles. The first-order valence-electron chi connectivity index (χ1n) is 5.57. The smallest absolute Gasteiger partial charge is 0.328 e. The molecule has 0 aromatic carbocycles. The Hall–Kier alpha value is -1.85.